The van der Waals surface area contributed by atoms with Crippen molar-refractivity contribution in [3.05, 3.63) is 46.4 Å². The third-order valence-electron chi connectivity index (χ3n) is 4.33. The minimum absolute atomic E-state index is 0.0118. The van der Waals surface area contributed by atoms with E-state index in [9.17, 15) is 14.4 Å². The molecule has 0 aliphatic rings. The summed E-state index contributed by atoms with van der Waals surface area (Å²) in [5.41, 5.74) is 6.62. The van der Waals surface area contributed by atoms with Crippen molar-refractivity contribution in [3.63, 3.8) is 0 Å². The molecule has 2 amide bonds. The Morgan fingerprint density at radius 3 is 2.53 bits per heavy atom. The number of nitrogens with zero attached hydrogens (tertiary/aromatic N) is 2. The monoisotopic (exact) mass is 431 g/mol. The Hall–Kier alpha value is -3.27. The number of ether oxygens (including phenoxy) is 1. The molecular formula is C20H25N5O4S. The van der Waals surface area contributed by atoms with Gasteiger partial charge < -0.3 is 20.7 Å². The number of rotatable bonds is 10. The van der Waals surface area contributed by atoms with Crippen molar-refractivity contribution in [2.24, 2.45) is 5.73 Å². The van der Waals surface area contributed by atoms with E-state index in [1.54, 1.807) is 49.8 Å². The summed E-state index contributed by atoms with van der Waals surface area (Å²) in [5.74, 6) is -1.74. The highest BCUT2D eigenvalue weighted by atomic mass is 32.1. The van der Waals surface area contributed by atoms with E-state index in [1.807, 2.05) is 0 Å². The molecule has 0 aliphatic carbocycles. The van der Waals surface area contributed by atoms with Crippen LogP contribution in [0.5, 0.6) is 0 Å². The molecule has 10 heteroatoms. The molecule has 2 aromatic rings. The van der Waals surface area contributed by atoms with E-state index < -0.39 is 11.9 Å². The van der Waals surface area contributed by atoms with Gasteiger partial charge in [-0.2, -0.15) is 0 Å². The molecule has 1 aromatic carbocycles. The number of amides is 2. The van der Waals surface area contributed by atoms with Crippen LogP contribution in [-0.2, 0) is 19.1 Å². The zero-order valence-electron chi connectivity index (χ0n) is 16.9. The average Bonchev–Trinajstić information content (AvgIpc) is 3.26. The topological polar surface area (TPSA) is 138 Å². The first-order valence-corrected chi connectivity index (χ1v) is 10.2. The van der Waals surface area contributed by atoms with Gasteiger partial charge in [0.25, 0.3) is 0 Å². The molecule has 1 unspecified atom stereocenters. The summed E-state index contributed by atoms with van der Waals surface area (Å²) in [7, 11) is 1.61. The van der Waals surface area contributed by atoms with Crippen molar-refractivity contribution in [3.8, 4) is 0 Å². The number of hydrogen-bond donors (Lipinski definition) is 3. The van der Waals surface area contributed by atoms with Crippen LogP contribution in [-0.4, -0.2) is 48.8 Å². The lowest BCUT2D eigenvalue weighted by atomic mass is 10.1. The molecule has 0 bridgehead atoms. The summed E-state index contributed by atoms with van der Waals surface area (Å²) < 4.78 is 5.06. The number of nitrogen functional groups attached to an aromatic ring is 1. The summed E-state index contributed by atoms with van der Waals surface area (Å²) in [4.78, 5) is 42.3. The second-order valence-electron chi connectivity index (χ2n) is 6.39. The molecule has 4 N–H and O–H groups in total. The highest BCUT2D eigenvalue weighted by Crippen LogP contribution is 2.19. The highest BCUT2D eigenvalue weighted by molar-refractivity contribution is 7.09. The summed E-state index contributed by atoms with van der Waals surface area (Å²) >= 11 is 1.31. The molecule has 0 spiro atoms. The molecule has 1 atom stereocenters. The third-order valence-corrected chi connectivity index (χ3v) is 5.22. The smallest absolute Gasteiger partial charge is 0.317 e. The lowest BCUT2D eigenvalue weighted by Crippen LogP contribution is -2.34. The number of esters is 1. The van der Waals surface area contributed by atoms with Crippen LogP contribution in [0.15, 0.2) is 35.8 Å². The third kappa shape index (κ3) is 6.38. The summed E-state index contributed by atoms with van der Waals surface area (Å²) in [6, 6.07) is 6.68. The zero-order chi connectivity index (χ0) is 22.1. The molecule has 0 radical (unpaired) electrons. The van der Waals surface area contributed by atoms with Gasteiger partial charge in [0.2, 0.25) is 11.8 Å². The van der Waals surface area contributed by atoms with Crippen LogP contribution in [0.4, 0.5) is 5.69 Å². The fourth-order valence-electron chi connectivity index (χ4n) is 2.62. The van der Waals surface area contributed by atoms with E-state index in [2.05, 4.69) is 10.3 Å². The van der Waals surface area contributed by atoms with Crippen LogP contribution in [0.3, 0.4) is 0 Å². The molecule has 0 saturated heterocycles. The minimum atomic E-state index is -0.674. The van der Waals surface area contributed by atoms with E-state index in [0.29, 0.717) is 16.3 Å². The lowest BCUT2D eigenvalue weighted by Gasteiger charge is -2.18. The second-order valence-corrected chi connectivity index (χ2v) is 7.32. The average molecular weight is 432 g/mol. The number of aromatic nitrogens is 1. The largest absolute Gasteiger partial charge is 0.465 e. The van der Waals surface area contributed by atoms with Gasteiger partial charge in [0.15, 0.2) is 0 Å². The fraction of sp³-hybridized carbons (Fsp3) is 0.350. The molecule has 9 nitrogen and oxygen atoms in total. The first-order valence-electron chi connectivity index (χ1n) is 9.37. The lowest BCUT2D eigenvalue weighted by molar-refractivity contribution is -0.145. The SMILES string of the molecule is CCOC(=O)C(CNC(=O)CCC(=O)N(C)c1ccc(C(=N)N)cc1)c1nccs1. The maximum Gasteiger partial charge on any atom is 0.317 e. The molecule has 0 saturated carbocycles. The van der Waals surface area contributed by atoms with E-state index in [0.717, 1.165) is 0 Å². The van der Waals surface area contributed by atoms with Crippen LogP contribution in [0, 0.1) is 5.41 Å². The van der Waals surface area contributed by atoms with E-state index >= 15 is 0 Å². The maximum absolute atomic E-state index is 12.4. The van der Waals surface area contributed by atoms with Crippen LogP contribution >= 0.6 is 11.3 Å². The number of nitrogens with one attached hydrogen (secondary N) is 2. The summed E-state index contributed by atoms with van der Waals surface area (Å²) in [6.45, 7) is 2.01. The van der Waals surface area contributed by atoms with Gasteiger partial charge in [0.1, 0.15) is 16.8 Å². The Morgan fingerprint density at radius 1 is 1.27 bits per heavy atom. The fourth-order valence-corrected chi connectivity index (χ4v) is 3.35. The molecule has 0 aliphatic heterocycles. The van der Waals surface area contributed by atoms with Crippen LogP contribution in [0.2, 0.25) is 0 Å². The predicted octanol–water partition coefficient (Wildman–Crippen LogP) is 1.63. The Balaban J connectivity index is 1.86. The van der Waals surface area contributed by atoms with Gasteiger partial charge in [-0.3, -0.25) is 19.8 Å². The molecule has 160 valence electrons. The first kappa shape index (κ1) is 23.0. The quantitative estimate of drug-likeness (QED) is 0.297. The molecule has 1 heterocycles. The number of anilines is 1. The molecule has 1 aromatic heterocycles. The minimum Gasteiger partial charge on any atom is -0.465 e. The normalized spacial score (nSPS) is 11.4. The van der Waals surface area contributed by atoms with Gasteiger partial charge >= 0.3 is 5.97 Å². The van der Waals surface area contributed by atoms with Gasteiger partial charge in [-0.05, 0) is 31.2 Å². The van der Waals surface area contributed by atoms with Gasteiger partial charge in [-0.15, -0.1) is 11.3 Å². The number of carbonyl (C=O) groups is 3. The zero-order valence-corrected chi connectivity index (χ0v) is 17.7. The Kier molecular flexibility index (Phi) is 8.48. The molecule has 2 rings (SSSR count). The molecule has 30 heavy (non-hydrogen) atoms. The van der Waals surface area contributed by atoms with Gasteiger partial charge in [0, 0.05) is 49.3 Å². The van der Waals surface area contributed by atoms with Crippen LogP contribution < -0.4 is 16.0 Å². The second kappa shape index (κ2) is 11.1. The number of amidine groups is 1. The Bertz CT molecular complexity index is 883. The number of benzene rings is 1. The number of nitrogens with two attached hydrogens (primary N) is 1. The van der Waals surface area contributed by atoms with Gasteiger partial charge in [-0.1, -0.05) is 0 Å². The number of carbonyl (C=O) groups excluding carboxylic acids is 3. The van der Waals surface area contributed by atoms with Crippen molar-refractivity contribution >= 4 is 40.6 Å². The maximum atomic E-state index is 12.4. The molecule has 0 fully saturated rings. The van der Waals surface area contributed by atoms with Crippen molar-refractivity contribution in [1.29, 1.82) is 5.41 Å². The Labute approximate surface area is 178 Å². The molecular weight excluding hydrogens is 406 g/mol. The first-order chi connectivity index (χ1) is 14.3. The van der Waals surface area contributed by atoms with E-state index in [-0.39, 0.29) is 43.6 Å². The summed E-state index contributed by atoms with van der Waals surface area (Å²) in [5, 5.41) is 12.4. The van der Waals surface area contributed by atoms with Crippen molar-refractivity contribution in [1.82, 2.24) is 10.3 Å². The van der Waals surface area contributed by atoms with Crippen molar-refractivity contribution in [2.75, 3.05) is 25.1 Å². The number of hydrogen-bond acceptors (Lipinski definition) is 7. The van der Waals surface area contributed by atoms with Crippen LogP contribution in [0.1, 0.15) is 36.3 Å². The Morgan fingerprint density at radius 2 is 1.97 bits per heavy atom. The van der Waals surface area contributed by atoms with E-state index in [4.69, 9.17) is 15.9 Å². The summed E-state index contributed by atoms with van der Waals surface area (Å²) in [6.07, 6.45) is 1.59. The van der Waals surface area contributed by atoms with Crippen molar-refractivity contribution < 1.29 is 19.1 Å². The van der Waals surface area contributed by atoms with E-state index in [1.165, 1.54) is 16.2 Å². The van der Waals surface area contributed by atoms with Gasteiger partial charge in [-0.25, -0.2) is 4.98 Å². The predicted molar refractivity (Wildman–Crippen MR) is 115 cm³/mol. The van der Waals surface area contributed by atoms with Gasteiger partial charge in [0.05, 0.1) is 6.61 Å². The highest BCUT2D eigenvalue weighted by Gasteiger charge is 2.25. The van der Waals surface area contributed by atoms with Crippen molar-refractivity contribution in [2.45, 2.75) is 25.7 Å². The van der Waals surface area contributed by atoms with Crippen LogP contribution in [0.25, 0.3) is 0 Å². The standard InChI is InChI=1S/C20H25N5O4S/c1-3-29-20(28)15(19-23-10-11-30-19)12-24-16(26)8-9-17(27)25(2)14-6-4-13(5-7-14)18(21)22/h4-7,10-11,15H,3,8-9,12H2,1-2H3,(H3,21,22)(H,24,26). The number of thiazole rings is 1.